The predicted octanol–water partition coefficient (Wildman–Crippen LogP) is 2.40. The van der Waals surface area contributed by atoms with E-state index in [4.69, 9.17) is 4.84 Å². The van der Waals surface area contributed by atoms with Crippen LogP contribution in [-0.2, 0) is 4.84 Å². The van der Waals surface area contributed by atoms with E-state index in [2.05, 4.69) is 48.0 Å². The number of allylic oxidation sites excluding steroid dienone is 6. The zero-order valence-electron chi connectivity index (χ0n) is 8.39. The number of fused-ring (bicyclic) bond motifs is 3. The molecule has 0 aromatic rings. The van der Waals surface area contributed by atoms with Gasteiger partial charge in [-0.05, 0) is 12.0 Å². The lowest BCUT2D eigenvalue weighted by Crippen LogP contribution is -2.33. The third-order valence-electron chi connectivity index (χ3n) is 2.99. The fraction of sp³-hybridized carbons (Fsp3) is 0.231. The Balaban J connectivity index is 2.01. The van der Waals surface area contributed by atoms with E-state index < -0.39 is 0 Å². The molecule has 0 saturated heterocycles. The molecule has 0 amide bonds. The molecule has 0 bridgehead atoms. The molecule has 0 aromatic carbocycles. The number of rotatable bonds is 0. The fourth-order valence-corrected chi connectivity index (χ4v) is 2.23. The minimum absolute atomic E-state index is 0.251. The highest BCUT2D eigenvalue weighted by molar-refractivity contribution is 5.47. The van der Waals surface area contributed by atoms with E-state index in [-0.39, 0.29) is 6.04 Å². The van der Waals surface area contributed by atoms with E-state index in [0.29, 0.717) is 5.92 Å². The average Bonchev–Trinajstić information content (AvgIpc) is 2.48. The highest BCUT2D eigenvalue weighted by Crippen LogP contribution is 2.32. The number of nitrogens with one attached hydrogen (secondary N) is 1. The van der Waals surface area contributed by atoms with E-state index in [9.17, 15) is 0 Å². The van der Waals surface area contributed by atoms with Crippen LogP contribution in [0.1, 0.15) is 6.42 Å². The van der Waals surface area contributed by atoms with E-state index in [0.717, 1.165) is 6.42 Å². The normalized spacial score (nSPS) is 32.0. The Hall–Kier alpha value is -1.54. The summed E-state index contributed by atoms with van der Waals surface area (Å²) < 4.78 is 0. The van der Waals surface area contributed by atoms with Gasteiger partial charge in [0.25, 0.3) is 0 Å². The summed E-state index contributed by atoms with van der Waals surface area (Å²) in [5, 5.41) is 0. The standard InChI is InChI=1S/C13H13NO/c1-2-6-11-10(5-1)9-15-14-13-8-4-3-7-12(11)13/h1,3-9,12-14H,2H2. The monoisotopic (exact) mass is 199 g/mol. The smallest absolute Gasteiger partial charge is 0.118 e. The van der Waals surface area contributed by atoms with Crippen molar-refractivity contribution in [1.82, 2.24) is 5.48 Å². The highest BCUT2D eigenvalue weighted by Gasteiger charge is 2.27. The lowest BCUT2D eigenvalue weighted by atomic mass is 9.82. The van der Waals surface area contributed by atoms with Gasteiger partial charge in [0.05, 0.1) is 6.04 Å². The fourth-order valence-electron chi connectivity index (χ4n) is 2.23. The summed E-state index contributed by atoms with van der Waals surface area (Å²) >= 11 is 0. The van der Waals surface area contributed by atoms with E-state index >= 15 is 0 Å². The van der Waals surface area contributed by atoms with Crippen LogP contribution in [0.15, 0.2) is 59.9 Å². The lowest BCUT2D eigenvalue weighted by Gasteiger charge is -2.24. The first kappa shape index (κ1) is 8.74. The van der Waals surface area contributed by atoms with Crippen molar-refractivity contribution in [3.63, 3.8) is 0 Å². The third kappa shape index (κ3) is 1.47. The molecule has 0 radical (unpaired) electrons. The summed E-state index contributed by atoms with van der Waals surface area (Å²) in [5.41, 5.74) is 5.60. The second kappa shape index (κ2) is 3.55. The molecule has 0 fully saturated rings. The molecule has 2 nitrogen and oxygen atoms in total. The molecule has 76 valence electrons. The molecule has 2 heteroatoms. The second-order valence-corrected chi connectivity index (χ2v) is 3.93. The van der Waals surface area contributed by atoms with Gasteiger partial charge in [0.1, 0.15) is 6.26 Å². The van der Waals surface area contributed by atoms with Crippen molar-refractivity contribution in [1.29, 1.82) is 0 Å². The SMILES string of the molecule is C1=CC2NOC=C3C=CCC=C3C2C=C1. The zero-order chi connectivity index (χ0) is 10.1. The van der Waals surface area contributed by atoms with Crippen LogP contribution in [-0.4, -0.2) is 6.04 Å². The van der Waals surface area contributed by atoms with Crippen molar-refractivity contribution in [3.05, 3.63) is 59.9 Å². The van der Waals surface area contributed by atoms with Crippen molar-refractivity contribution in [2.24, 2.45) is 5.92 Å². The Labute approximate surface area is 89.3 Å². The van der Waals surface area contributed by atoms with Crippen LogP contribution < -0.4 is 5.48 Å². The lowest BCUT2D eigenvalue weighted by molar-refractivity contribution is 0.110. The van der Waals surface area contributed by atoms with Gasteiger partial charge in [0.15, 0.2) is 0 Å². The van der Waals surface area contributed by atoms with Gasteiger partial charge in [-0.1, -0.05) is 42.5 Å². The van der Waals surface area contributed by atoms with Gasteiger partial charge in [0.2, 0.25) is 0 Å². The highest BCUT2D eigenvalue weighted by atomic mass is 16.6. The van der Waals surface area contributed by atoms with Gasteiger partial charge in [-0.25, -0.2) is 0 Å². The quantitative estimate of drug-likeness (QED) is 0.647. The maximum atomic E-state index is 5.34. The minimum Gasteiger partial charge on any atom is -0.415 e. The summed E-state index contributed by atoms with van der Waals surface area (Å²) in [6.45, 7) is 0. The van der Waals surface area contributed by atoms with Crippen LogP contribution >= 0.6 is 0 Å². The molecule has 2 unspecified atom stereocenters. The Morgan fingerprint density at radius 1 is 1.27 bits per heavy atom. The Morgan fingerprint density at radius 3 is 3.20 bits per heavy atom. The average molecular weight is 199 g/mol. The van der Waals surface area contributed by atoms with Crippen molar-refractivity contribution in [2.45, 2.75) is 12.5 Å². The molecule has 0 spiro atoms. The maximum absolute atomic E-state index is 5.34. The van der Waals surface area contributed by atoms with Gasteiger partial charge in [-0.2, -0.15) is 0 Å². The molecule has 2 aliphatic carbocycles. The first-order valence-electron chi connectivity index (χ1n) is 5.28. The summed E-state index contributed by atoms with van der Waals surface area (Å²) in [6, 6.07) is 0.251. The molecule has 2 atom stereocenters. The van der Waals surface area contributed by atoms with Crippen LogP contribution in [0.4, 0.5) is 0 Å². The second-order valence-electron chi connectivity index (χ2n) is 3.93. The summed E-state index contributed by atoms with van der Waals surface area (Å²) in [4.78, 5) is 5.34. The molecule has 1 heterocycles. The van der Waals surface area contributed by atoms with Crippen molar-refractivity contribution in [2.75, 3.05) is 0 Å². The van der Waals surface area contributed by atoms with E-state index in [1.165, 1.54) is 11.1 Å². The molecule has 0 aromatic heterocycles. The van der Waals surface area contributed by atoms with Crippen molar-refractivity contribution >= 4 is 0 Å². The topological polar surface area (TPSA) is 21.3 Å². The van der Waals surface area contributed by atoms with Crippen molar-refractivity contribution in [3.8, 4) is 0 Å². The first-order valence-corrected chi connectivity index (χ1v) is 5.28. The molecule has 1 N–H and O–H groups in total. The first-order chi connectivity index (χ1) is 7.45. The summed E-state index contributed by atoms with van der Waals surface area (Å²) in [5.74, 6) is 0.397. The Kier molecular flexibility index (Phi) is 2.07. The van der Waals surface area contributed by atoms with Crippen LogP contribution in [0.25, 0.3) is 0 Å². The Bertz CT molecular complexity index is 412. The Morgan fingerprint density at radius 2 is 2.20 bits per heavy atom. The number of hydrogen-bond acceptors (Lipinski definition) is 2. The molecule has 15 heavy (non-hydrogen) atoms. The molecular formula is C13H13NO. The zero-order valence-corrected chi connectivity index (χ0v) is 8.39. The summed E-state index contributed by atoms with van der Waals surface area (Å²) in [7, 11) is 0. The molecule has 1 aliphatic heterocycles. The van der Waals surface area contributed by atoms with E-state index in [1.807, 2.05) is 0 Å². The van der Waals surface area contributed by atoms with Gasteiger partial charge in [-0.15, -0.1) is 5.48 Å². The molecule has 3 rings (SSSR count). The largest absolute Gasteiger partial charge is 0.415 e. The van der Waals surface area contributed by atoms with Gasteiger partial charge in [0, 0.05) is 11.5 Å². The van der Waals surface area contributed by atoms with Crippen LogP contribution in [0.2, 0.25) is 0 Å². The summed E-state index contributed by atoms with van der Waals surface area (Å²) in [6.07, 6.45) is 17.9. The molecular weight excluding hydrogens is 186 g/mol. The van der Waals surface area contributed by atoms with Gasteiger partial charge >= 0.3 is 0 Å². The van der Waals surface area contributed by atoms with Gasteiger partial charge in [-0.3, -0.25) is 0 Å². The van der Waals surface area contributed by atoms with Gasteiger partial charge < -0.3 is 4.84 Å². The van der Waals surface area contributed by atoms with Crippen LogP contribution in [0.3, 0.4) is 0 Å². The maximum Gasteiger partial charge on any atom is 0.118 e. The number of hydrogen-bond donors (Lipinski definition) is 1. The molecule has 3 aliphatic rings. The minimum atomic E-state index is 0.251. The molecule has 0 saturated carbocycles. The predicted molar refractivity (Wildman–Crippen MR) is 59.7 cm³/mol. The van der Waals surface area contributed by atoms with E-state index in [1.54, 1.807) is 6.26 Å². The van der Waals surface area contributed by atoms with Crippen molar-refractivity contribution < 1.29 is 4.84 Å². The van der Waals surface area contributed by atoms with Crippen LogP contribution in [0.5, 0.6) is 0 Å². The van der Waals surface area contributed by atoms with Crippen LogP contribution in [0, 0.1) is 5.92 Å². The number of hydroxylamine groups is 1. The third-order valence-corrected chi connectivity index (χ3v) is 2.99.